The predicted molar refractivity (Wildman–Crippen MR) is 126 cm³/mol. The lowest BCUT2D eigenvalue weighted by Crippen LogP contribution is -2.46. The number of fused-ring (bicyclic) bond motifs is 1. The van der Waals surface area contributed by atoms with Crippen LogP contribution in [-0.2, 0) is 17.9 Å². The number of aryl methyl sites for hydroxylation is 1. The quantitative estimate of drug-likeness (QED) is 0.629. The third-order valence-corrected chi connectivity index (χ3v) is 5.47. The monoisotopic (exact) mass is 441 g/mol. The fourth-order valence-electron chi connectivity index (χ4n) is 3.64. The summed E-state index contributed by atoms with van der Waals surface area (Å²) in [5.41, 5.74) is 9.63. The molecule has 1 aliphatic rings. The third-order valence-electron chi connectivity index (χ3n) is 5.47. The number of carbonyl (C=O) groups excluding carboxylic acids is 1. The van der Waals surface area contributed by atoms with Crippen LogP contribution < -0.4 is 11.1 Å². The van der Waals surface area contributed by atoms with Crippen LogP contribution in [0.15, 0.2) is 48.5 Å². The number of hydrogen-bond donors (Lipinski definition) is 2. The summed E-state index contributed by atoms with van der Waals surface area (Å²) in [6.07, 6.45) is 0.602. The molecule has 1 amide bonds. The van der Waals surface area contributed by atoms with Gasteiger partial charge in [0.05, 0.1) is 12.6 Å². The maximum atomic E-state index is 13.5. The second-order valence-corrected chi connectivity index (χ2v) is 7.65. The van der Waals surface area contributed by atoms with Crippen LogP contribution in [0.25, 0.3) is 11.3 Å². The number of benzene rings is 2. The van der Waals surface area contributed by atoms with Gasteiger partial charge in [-0.15, -0.1) is 0 Å². The fraction of sp³-hybridized carbons (Fsp3) is 0.304. The smallest absolute Gasteiger partial charge is 0.239 e. The molecule has 0 radical (unpaired) electrons. The summed E-state index contributed by atoms with van der Waals surface area (Å²) < 4.78 is 15.6. The molecule has 1 atom stereocenters. The second-order valence-electron chi connectivity index (χ2n) is 7.65. The fourth-order valence-corrected chi connectivity index (χ4v) is 3.64. The molecule has 0 unspecified atom stereocenters. The number of amides is 1. The summed E-state index contributed by atoms with van der Waals surface area (Å²) in [6, 6.07) is 13.9. The molecule has 0 spiro atoms. The van der Waals surface area contributed by atoms with Crippen molar-refractivity contribution < 1.29 is 9.18 Å². The largest absolute Gasteiger partial charge is 0.340 e. The predicted octanol–water partition coefficient (Wildman–Crippen LogP) is 3.93. The number of halogens is 1. The highest BCUT2D eigenvalue weighted by molar-refractivity contribution is 7.59. The molecule has 3 aromatic rings. The average molecular weight is 442 g/mol. The van der Waals surface area contributed by atoms with Crippen molar-refractivity contribution in [2.24, 2.45) is 5.73 Å². The van der Waals surface area contributed by atoms with E-state index in [1.807, 2.05) is 38.1 Å². The summed E-state index contributed by atoms with van der Waals surface area (Å²) >= 11 is 0. The first kappa shape index (κ1) is 22.8. The minimum absolute atomic E-state index is 0. The molecule has 3 N–H and O–H groups in total. The van der Waals surface area contributed by atoms with Crippen molar-refractivity contribution in [3.8, 4) is 11.3 Å². The molecule has 164 valence electrons. The molecule has 6 nitrogen and oxygen atoms in total. The number of rotatable bonds is 5. The van der Waals surface area contributed by atoms with E-state index in [2.05, 4.69) is 9.88 Å². The van der Waals surface area contributed by atoms with Gasteiger partial charge in [0.15, 0.2) is 0 Å². The van der Waals surface area contributed by atoms with E-state index in [0.29, 0.717) is 26.1 Å². The SMILES string of the molecule is CC[C@H](N)C(=O)N1CCn2c(nc(-c3ccc(F)cc3)c2Nc2ccc(C)cc2)C1.S. The van der Waals surface area contributed by atoms with Gasteiger partial charge in [0, 0.05) is 24.3 Å². The van der Waals surface area contributed by atoms with Crippen LogP contribution in [0.2, 0.25) is 0 Å². The first-order valence-electron chi connectivity index (χ1n) is 10.2. The number of anilines is 2. The number of imidazole rings is 1. The zero-order valence-corrected chi connectivity index (χ0v) is 18.7. The Bertz CT molecular complexity index is 1050. The Morgan fingerprint density at radius 3 is 2.48 bits per heavy atom. The van der Waals surface area contributed by atoms with Gasteiger partial charge in [0.1, 0.15) is 23.2 Å². The molecule has 0 bridgehead atoms. The van der Waals surface area contributed by atoms with Gasteiger partial charge in [-0.2, -0.15) is 13.5 Å². The van der Waals surface area contributed by atoms with E-state index < -0.39 is 6.04 Å². The number of nitrogens with zero attached hydrogens (tertiary/aromatic N) is 3. The Kier molecular flexibility index (Phi) is 7.02. The molecule has 31 heavy (non-hydrogen) atoms. The third kappa shape index (κ3) is 4.75. The number of aromatic nitrogens is 2. The van der Waals surface area contributed by atoms with Crippen LogP contribution in [0.3, 0.4) is 0 Å². The Morgan fingerprint density at radius 2 is 1.84 bits per heavy atom. The maximum Gasteiger partial charge on any atom is 0.239 e. The minimum atomic E-state index is -0.492. The lowest BCUT2D eigenvalue weighted by molar-refractivity contribution is -0.134. The lowest BCUT2D eigenvalue weighted by Gasteiger charge is -2.30. The molecular formula is C23H28FN5OS. The molecule has 1 aliphatic heterocycles. The first-order chi connectivity index (χ1) is 14.5. The van der Waals surface area contributed by atoms with Gasteiger partial charge >= 0.3 is 0 Å². The van der Waals surface area contributed by atoms with Crippen molar-refractivity contribution in [3.63, 3.8) is 0 Å². The van der Waals surface area contributed by atoms with E-state index in [1.165, 1.54) is 17.7 Å². The van der Waals surface area contributed by atoms with Crippen LogP contribution in [0.4, 0.5) is 15.9 Å². The van der Waals surface area contributed by atoms with Crippen molar-refractivity contribution >= 4 is 30.9 Å². The number of nitrogens with two attached hydrogens (primary N) is 1. The Hall–Kier alpha value is -2.84. The lowest BCUT2D eigenvalue weighted by atomic mass is 10.1. The van der Waals surface area contributed by atoms with E-state index in [1.54, 1.807) is 17.0 Å². The van der Waals surface area contributed by atoms with Crippen molar-refractivity contribution in [1.29, 1.82) is 0 Å². The van der Waals surface area contributed by atoms with Crippen molar-refractivity contribution in [3.05, 3.63) is 65.7 Å². The van der Waals surface area contributed by atoms with Gasteiger partial charge in [-0.1, -0.05) is 24.6 Å². The average Bonchev–Trinajstić information content (AvgIpc) is 3.12. The molecule has 8 heteroatoms. The van der Waals surface area contributed by atoms with E-state index in [4.69, 9.17) is 10.7 Å². The van der Waals surface area contributed by atoms with Crippen LogP contribution in [0.1, 0.15) is 24.7 Å². The first-order valence-corrected chi connectivity index (χ1v) is 10.2. The van der Waals surface area contributed by atoms with E-state index >= 15 is 0 Å². The van der Waals surface area contributed by atoms with Crippen LogP contribution >= 0.6 is 13.5 Å². The van der Waals surface area contributed by atoms with E-state index in [-0.39, 0.29) is 25.2 Å². The van der Waals surface area contributed by atoms with Gasteiger partial charge in [0.25, 0.3) is 0 Å². The number of hydrogen-bond acceptors (Lipinski definition) is 4. The summed E-state index contributed by atoms with van der Waals surface area (Å²) in [4.78, 5) is 19.2. The summed E-state index contributed by atoms with van der Waals surface area (Å²) in [6.45, 7) is 5.53. The molecule has 0 saturated heterocycles. The van der Waals surface area contributed by atoms with Crippen LogP contribution in [0, 0.1) is 12.7 Å². The van der Waals surface area contributed by atoms with E-state index in [9.17, 15) is 9.18 Å². The molecule has 4 rings (SSSR count). The summed E-state index contributed by atoms with van der Waals surface area (Å²) in [5.74, 6) is 1.28. The Labute approximate surface area is 188 Å². The standard InChI is InChI=1S/C23H26FN5O.H2S/c1-3-19(25)23(30)28-12-13-29-20(14-28)27-21(16-6-8-17(24)9-7-16)22(29)26-18-10-4-15(2)5-11-18;/h4-11,19,26H,3,12-14,25H2,1-2H3;1H2/t19-;/m0./s1. The van der Waals surface area contributed by atoms with Gasteiger partial charge < -0.3 is 20.5 Å². The van der Waals surface area contributed by atoms with Gasteiger partial charge in [-0.3, -0.25) is 4.79 Å². The molecule has 0 saturated carbocycles. The highest BCUT2D eigenvalue weighted by Gasteiger charge is 2.28. The van der Waals surface area contributed by atoms with Gasteiger partial charge in [0.2, 0.25) is 5.91 Å². The Morgan fingerprint density at radius 1 is 1.16 bits per heavy atom. The molecule has 2 heterocycles. The highest BCUT2D eigenvalue weighted by Crippen LogP contribution is 2.33. The summed E-state index contributed by atoms with van der Waals surface area (Å²) in [7, 11) is 0. The van der Waals surface area contributed by atoms with E-state index in [0.717, 1.165) is 28.6 Å². The second kappa shape index (κ2) is 9.53. The van der Waals surface area contributed by atoms with Crippen LogP contribution in [0.5, 0.6) is 0 Å². The Balaban J connectivity index is 0.00000272. The minimum Gasteiger partial charge on any atom is -0.340 e. The normalized spacial score (nSPS) is 13.9. The van der Waals surface area contributed by atoms with Crippen molar-refractivity contribution in [2.45, 2.75) is 39.4 Å². The molecular weight excluding hydrogens is 413 g/mol. The highest BCUT2D eigenvalue weighted by atomic mass is 32.1. The molecule has 0 aliphatic carbocycles. The zero-order chi connectivity index (χ0) is 21.3. The van der Waals surface area contributed by atoms with Gasteiger partial charge in [-0.25, -0.2) is 9.37 Å². The molecule has 0 fully saturated rings. The van der Waals surface area contributed by atoms with Crippen LogP contribution in [-0.4, -0.2) is 32.9 Å². The van der Waals surface area contributed by atoms with Crippen molar-refractivity contribution in [2.75, 3.05) is 11.9 Å². The topological polar surface area (TPSA) is 76.2 Å². The number of nitrogens with one attached hydrogen (secondary N) is 1. The zero-order valence-electron chi connectivity index (χ0n) is 17.7. The maximum absolute atomic E-state index is 13.5. The van der Waals surface area contributed by atoms with Gasteiger partial charge in [-0.05, 0) is 49.7 Å². The number of carbonyl (C=O) groups is 1. The molecule has 2 aromatic carbocycles. The van der Waals surface area contributed by atoms with Crippen molar-refractivity contribution in [1.82, 2.24) is 14.5 Å². The molecule has 1 aromatic heterocycles. The summed E-state index contributed by atoms with van der Waals surface area (Å²) in [5, 5.41) is 3.48.